The van der Waals surface area contributed by atoms with E-state index in [1.807, 2.05) is 79.9 Å². The Morgan fingerprint density at radius 3 is 1.78 bits per heavy atom. The van der Waals surface area contributed by atoms with Gasteiger partial charge in [-0.15, -0.1) is 0 Å². The van der Waals surface area contributed by atoms with Crippen LogP contribution >= 0.6 is 0 Å². The van der Waals surface area contributed by atoms with Crippen LogP contribution < -0.4 is 14.5 Å². The van der Waals surface area contributed by atoms with Gasteiger partial charge in [0.2, 0.25) is 0 Å². The fraction of sp³-hybridized carbons (Fsp3) is 0.181. The van der Waals surface area contributed by atoms with E-state index in [0.717, 1.165) is 33.9 Å². The molecule has 0 saturated carbocycles. The third-order valence-corrected chi connectivity index (χ3v) is 15.0. The zero-order chi connectivity index (χ0) is 65.0. The third kappa shape index (κ3) is 8.38. The Kier molecular flexibility index (Phi) is 8.55. The Morgan fingerprint density at radius 2 is 1.09 bits per heavy atom. The van der Waals surface area contributed by atoms with E-state index < -0.39 is 71.9 Å². The zero-order valence-corrected chi connectivity index (χ0v) is 45.1. The number of benzene rings is 9. The molecule has 0 fully saturated rings. The van der Waals surface area contributed by atoms with E-state index >= 15 is 0 Å². The van der Waals surface area contributed by atoms with Gasteiger partial charge in [0.05, 0.1) is 56.9 Å². The Hall–Kier alpha value is -8.87. The highest BCUT2D eigenvalue weighted by atomic mass is 16.5. The van der Waals surface area contributed by atoms with Gasteiger partial charge in [-0.3, -0.25) is 4.57 Å². The molecule has 12 aromatic rings. The van der Waals surface area contributed by atoms with Crippen LogP contribution in [0.5, 0.6) is 11.5 Å². The quantitative estimate of drug-likeness (QED) is 0.152. The minimum Gasteiger partial charge on any atom is -0.457 e. The summed E-state index contributed by atoms with van der Waals surface area (Å²) in [5, 5.41) is 1.04. The maximum atomic E-state index is 9.41. The van der Waals surface area contributed by atoms with Gasteiger partial charge < -0.3 is 19.1 Å². The van der Waals surface area contributed by atoms with Gasteiger partial charge in [0, 0.05) is 62.4 Å². The van der Waals surface area contributed by atoms with E-state index in [4.69, 9.17) is 22.1 Å². The maximum Gasteiger partial charge on any atom is 0.137 e. The molecule has 1 aliphatic heterocycles. The molecule has 0 N–H and O–H groups in total. The highest BCUT2D eigenvalue weighted by Gasteiger charge is 2.33. The lowest BCUT2D eigenvalue weighted by Crippen LogP contribution is -2.25. The smallest absolute Gasteiger partial charge is 0.137 e. The molecule has 384 valence electrons. The van der Waals surface area contributed by atoms with Gasteiger partial charge in [-0.1, -0.05) is 189 Å². The molecule has 4 heterocycles. The molecule has 0 unspecified atom stereocenters. The number of ether oxygens (including phenoxy) is 1. The molecular weight excluding hydrogens is 951 g/mol. The first kappa shape index (κ1) is 36.2. The highest BCUT2D eigenvalue weighted by Crippen LogP contribution is 2.51. The summed E-state index contributed by atoms with van der Waals surface area (Å²) in [6, 6.07) is 38.5. The van der Waals surface area contributed by atoms with E-state index in [1.54, 1.807) is 12.1 Å². The number of fused-ring (bicyclic) bond motifs is 7. The second-order valence-corrected chi connectivity index (χ2v) is 23.2. The van der Waals surface area contributed by atoms with Crippen molar-refractivity contribution in [1.82, 2.24) is 14.1 Å². The molecule has 0 radical (unpaired) electrons. The summed E-state index contributed by atoms with van der Waals surface area (Å²) >= 11 is 0. The first-order valence-corrected chi connectivity index (χ1v) is 26.3. The molecule has 0 atom stereocenters. The molecular formula is C72H65N5O. The summed E-state index contributed by atoms with van der Waals surface area (Å²) in [5.74, 6) is 1.35. The highest BCUT2D eigenvalue weighted by molar-refractivity contribution is 6.16. The van der Waals surface area contributed by atoms with Crippen molar-refractivity contribution >= 4 is 66.4 Å². The summed E-state index contributed by atoms with van der Waals surface area (Å²) < 4.78 is 127. The van der Waals surface area contributed by atoms with E-state index in [9.17, 15) is 5.48 Å². The van der Waals surface area contributed by atoms with Crippen molar-refractivity contribution in [2.24, 2.45) is 0 Å². The number of aromatic nitrogens is 3. The lowest BCUT2D eigenvalue weighted by molar-refractivity contribution is 0.483. The number of anilines is 4. The van der Waals surface area contributed by atoms with Crippen molar-refractivity contribution in [2.75, 3.05) is 16.5 Å². The van der Waals surface area contributed by atoms with Crippen molar-refractivity contribution in [2.45, 2.75) is 78.6 Å². The standard InChI is InChI=1S/C72H65N5O/c1-70(2,3)49-39-50(71(4,5)6)41-52(40-49)75-46-74(65-36-21-31-55(69(65)75)47-23-12-10-13-24-47)51-27-20-28-53(42-51)78-54-37-38-58-66(43-54)77(67-44-60(72(7,8)9)59(45-73-67)48-25-14-11-15-26-48)64-35-22-34-63(68(58)64)76-61-32-18-16-29-56(61)57-30-17-19-33-62(57)76/h10-45H,46H2,1-9H3/i11D,14D,15D,16D,17D,18D,19D,25D,26D,29D,30D,32D,33D. The van der Waals surface area contributed by atoms with Crippen molar-refractivity contribution in [3.8, 4) is 45.3 Å². The fourth-order valence-corrected chi connectivity index (χ4v) is 11.0. The summed E-state index contributed by atoms with van der Waals surface area (Å²) in [5.41, 5.74) is 10.1. The second-order valence-electron chi connectivity index (χ2n) is 23.2. The molecule has 0 saturated heterocycles. The maximum absolute atomic E-state index is 9.41. The molecule has 0 aliphatic carbocycles. The summed E-state index contributed by atoms with van der Waals surface area (Å²) in [4.78, 5) is 9.78. The summed E-state index contributed by atoms with van der Waals surface area (Å²) in [6.07, 6.45) is 1.53. The molecule has 0 spiro atoms. The average Bonchev–Trinajstić information content (AvgIpc) is 1.55. The Labute approximate surface area is 476 Å². The molecule has 13 rings (SSSR count). The average molecular weight is 1030 g/mol. The number of nitrogens with zero attached hydrogens (tertiary/aromatic N) is 5. The minimum atomic E-state index is -0.698. The molecule has 1 aliphatic rings. The van der Waals surface area contributed by atoms with Gasteiger partial charge in [-0.2, -0.15) is 0 Å². The molecule has 0 amide bonds. The first-order valence-electron chi connectivity index (χ1n) is 32.8. The fourth-order valence-electron chi connectivity index (χ4n) is 11.0. The topological polar surface area (TPSA) is 38.5 Å². The largest absolute Gasteiger partial charge is 0.457 e. The van der Waals surface area contributed by atoms with Crippen molar-refractivity contribution in [3.63, 3.8) is 0 Å². The third-order valence-electron chi connectivity index (χ3n) is 15.0. The molecule has 9 aromatic carbocycles. The Balaban J connectivity index is 1.02. The van der Waals surface area contributed by atoms with Crippen molar-refractivity contribution in [1.29, 1.82) is 0 Å². The van der Waals surface area contributed by atoms with E-state index in [1.165, 1.54) is 21.9 Å². The van der Waals surface area contributed by atoms with Crippen LogP contribution in [0, 0.1) is 0 Å². The number of para-hydroxylation sites is 3. The molecule has 6 nitrogen and oxygen atoms in total. The van der Waals surface area contributed by atoms with E-state index in [2.05, 4.69) is 118 Å². The van der Waals surface area contributed by atoms with Crippen LogP contribution in [0.1, 0.15) is 96.8 Å². The van der Waals surface area contributed by atoms with Gasteiger partial charge in [0.1, 0.15) is 24.0 Å². The number of pyridine rings is 1. The second kappa shape index (κ2) is 18.4. The van der Waals surface area contributed by atoms with Gasteiger partial charge in [-0.25, -0.2) is 4.98 Å². The minimum absolute atomic E-state index is 0.00376. The van der Waals surface area contributed by atoms with Crippen molar-refractivity contribution in [3.05, 3.63) is 235 Å². The Bertz CT molecular complexity index is 4940. The SMILES string of the molecule is [2H]c1c([2H])c([2H])c(-c2cnc(-n3c4cc(Oc5cccc(N6CN(c7cc(C(C)(C)C)cc(C(C)(C)C)c7)c7c(-c8ccccc8)cccc76)c5)ccc4c4c(-n5c6c([2H])c([2H])c([2H])c([2H])c6c6c([2H])c([2H])c([2H])c([2H])c65)cccc43)cc2C(C)(C)C)c([2H])c1[2H]. The van der Waals surface area contributed by atoms with Crippen LogP contribution in [0.4, 0.5) is 22.7 Å². The summed E-state index contributed by atoms with van der Waals surface area (Å²) in [6.45, 7) is 19.9. The van der Waals surface area contributed by atoms with E-state index in [-0.39, 0.29) is 50.3 Å². The van der Waals surface area contributed by atoms with Gasteiger partial charge in [-0.05, 0) is 117 Å². The van der Waals surface area contributed by atoms with Crippen LogP contribution in [-0.4, -0.2) is 20.8 Å². The predicted octanol–water partition coefficient (Wildman–Crippen LogP) is 19.5. The lowest BCUT2D eigenvalue weighted by atomic mass is 9.80. The molecule has 6 heteroatoms. The number of hydrogen-bond donors (Lipinski definition) is 0. The first-order chi connectivity index (χ1) is 43.0. The zero-order valence-electron chi connectivity index (χ0n) is 58.1. The normalized spacial score (nSPS) is 15.4. The van der Waals surface area contributed by atoms with Gasteiger partial charge in [0.25, 0.3) is 0 Å². The molecule has 3 aromatic heterocycles. The summed E-state index contributed by atoms with van der Waals surface area (Å²) in [7, 11) is 0. The van der Waals surface area contributed by atoms with Gasteiger partial charge >= 0.3 is 0 Å². The van der Waals surface area contributed by atoms with Crippen LogP contribution in [0.2, 0.25) is 0 Å². The van der Waals surface area contributed by atoms with Gasteiger partial charge in [0.15, 0.2) is 0 Å². The Morgan fingerprint density at radius 1 is 0.449 bits per heavy atom. The van der Waals surface area contributed by atoms with Crippen LogP contribution in [0.25, 0.3) is 77.4 Å². The molecule has 78 heavy (non-hydrogen) atoms. The lowest BCUT2D eigenvalue weighted by Gasteiger charge is -2.30. The number of hydrogen-bond acceptors (Lipinski definition) is 4. The van der Waals surface area contributed by atoms with E-state index in [0.29, 0.717) is 62.6 Å². The van der Waals surface area contributed by atoms with Crippen LogP contribution in [0.3, 0.4) is 0 Å². The van der Waals surface area contributed by atoms with Crippen LogP contribution in [-0.2, 0) is 16.2 Å². The molecule has 0 bridgehead atoms. The van der Waals surface area contributed by atoms with Crippen LogP contribution in [0.15, 0.2) is 218 Å². The monoisotopic (exact) mass is 1030 g/mol. The van der Waals surface area contributed by atoms with Crippen molar-refractivity contribution < 1.29 is 22.6 Å². The predicted molar refractivity (Wildman–Crippen MR) is 328 cm³/mol. The number of rotatable bonds is 8.